The van der Waals surface area contributed by atoms with Gasteiger partial charge in [-0.05, 0) is 30.3 Å². The largest absolute Gasteiger partial charge is 0.496 e. The van der Waals surface area contributed by atoms with Gasteiger partial charge in [0, 0.05) is 24.2 Å². The third kappa shape index (κ3) is 3.70. The second kappa shape index (κ2) is 6.54. The van der Waals surface area contributed by atoms with E-state index in [1.807, 2.05) is 0 Å². The summed E-state index contributed by atoms with van der Waals surface area (Å²) in [5.74, 6) is 0.589. The van der Waals surface area contributed by atoms with Crippen LogP contribution in [0.15, 0.2) is 34.5 Å². The van der Waals surface area contributed by atoms with E-state index < -0.39 is 10.0 Å². The number of ether oxygens (including phenoxy) is 1. The lowest BCUT2D eigenvalue weighted by molar-refractivity contribution is 0.398. The molecule has 1 aromatic heterocycles. The fourth-order valence-electron chi connectivity index (χ4n) is 1.79. The predicted molar refractivity (Wildman–Crippen MR) is 86.0 cm³/mol. The fourth-order valence-corrected chi connectivity index (χ4v) is 4.82. The van der Waals surface area contributed by atoms with Gasteiger partial charge in [0.2, 0.25) is 0 Å². The molecule has 0 unspecified atom stereocenters. The van der Waals surface area contributed by atoms with Crippen LogP contribution in [0.2, 0.25) is 9.36 Å². The predicted octanol–water partition coefficient (Wildman–Crippen LogP) is 3.88. The SMILES string of the molecule is COc1ccc(Cl)cc1CN(C)S(=O)(=O)c1ccc(Cl)s1. The molecule has 0 radical (unpaired) electrons. The molecular weight excluding hydrogens is 353 g/mol. The van der Waals surface area contributed by atoms with Crippen molar-refractivity contribution in [1.82, 2.24) is 4.31 Å². The first-order valence-corrected chi connectivity index (χ1v) is 8.90. The Bertz CT molecular complexity index is 744. The normalized spacial score (nSPS) is 11.9. The summed E-state index contributed by atoms with van der Waals surface area (Å²) in [4.78, 5) is 0. The molecule has 4 nitrogen and oxygen atoms in total. The number of methoxy groups -OCH3 is 1. The van der Waals surface area contributed by atoms with Crippen molar-refractivity contribution in [3.8, 4) is 5.75 Å². The zero-order chi connectivity index (χ0) is 15.6. The highest BCUT2D eigenvalue weighted by atomic mass is 35.5. The van der Waals surface area contributed by atoms with Crippen molar-refractivity contribution in [3.05, 3.63) is 45.3 Å². The van der Waals surface area contributed by atoms with Crippen LogP contribution in [-0.4, -0.2) is 26.9 Å². The van der Waals surface area contributed by atoms with Crippen LogP contribution in [0.5, 0.6) is 5.75 Å². The van der Waals surface area contributed by atoms with E-state index in [1.165, 1.54) is 24.5 Å². The van der Waals surface area contributed by atoms with Gasteiger partial charge in [-0.15, -0.1) is 11.3 Å². The van der Waals surface area contributed by atoms with Crippen LogP contribution in [0.1, 0.15) is 5.56 Å². The molecule has 0 fully saturated rings. The zero-order valence-corrected chi connectivity index (χ0v) is 14.5. The Morgan fingerprint density at radius 2 is 1.95 bits per heavy atom. The second-order valence-corrected chi connectivity index (χ2v) is 8.70. The van der Waals surface area contributed by atoms with Gasteiger partial charge >= 0.3 is 0 Å². The smallest absolute Gasteiger partial charge is 0.252 e. The second-order valence-electron chi connectivity index (χ2n) is 4.28. The number of nitrogens with zero attached hydrogens (tertiary/aromatic N) is 1. The number of hydrogen-bond donors (Lipinski definition) is 0. The molecule has 0 aliphatic rings. The van der Waals surface area contributed by atoms with Gasteiger partial charge in [0.25, 0.3) is 10.0 Å². The molecule has 0 saturated carbocycles. The highest BCUT2D eigenvalue weighted by molar-refractivity contribution is 7.91. The lowest BCUT2D eigenvalue weighted by Crippen LogP contribution is -2.26. The van der Waals surface area contributed by atoms with E-state index in [-0.39, 0.29) is 10.8 Å². The summed E-state index contributed by atoms with van der Waals surface area (Å²) in [6, 6.07) is 8.15. The highest BCUT2D eigenvalue weighted by Gasteiger charge is 2.23. The van der Waals surface area contributed by atoms with Crippen LogP contribution in [0.25, 0.3) is 0 Å². The molecule has 21 heavy (non-hydrogen) atoms. The minimum absolute atomic E-state index is 0.154. The molecule has 0 aliphatic carbocycles. The number of sulfonamides is 1. The first kappa shape index (κ1) is 16.6. The summed E-state index contributed by atoms with van der Waals surface area (Å²) < 4.78 is 32.0. The minimum Gasteiger partial charge on any atom is -0.496 e. The van der Waals surface area contributed by atoms with E-state index in [1.54, 1.807) is 24.3 Å². The summed E-state index contributed by atoms with van der Waals surface area (Å²) >= 11 is 12.8. The maximum absolute atomic E-state index is 12.4. The quantitative estimate of drug-likeness (QED) is 0.807. The summed E-state index contributed by atoms with van der Waals surface area (Å²) in [5.41, 5.74) is 0.693. The van der Waals surface area contributed by atoms with Gasteiger partial charge in [-0.3, -0.25) is 0 Å². The maximum atomic E-state index is 12.4. The van der Waals surface area contributed by atoms with E-state index in [2.05, 4.69) is 0 Å². The first-order chi connectivity index (χ1) is 9.84. The van der Waals surface area contributed by atoms with Crippen LogP contribution in [0.3, 0.4) is 0 Å². The summed E-state index contributed by atoms with van der Waals surface area (Å²) in [5, 5.41) is 0.524. The summed E-state index contributed by atoms with van der Waals surface area (Å²) in [6.07, 6.45) is 0. The van der Waals surface area contributed by atoms with Crippen molar-refractivity contribution in [3.63, 3.8) is 0 Å². The van der Waals surface area contributed by atoms with Crippen molar-refractivity contribution in [1.29, 1.82) is 0 Å². The van der Waals surface area contributed by atoms with Gasteiger partial charge in [-0.1, -0.05) is 23.2 Å². The van der Waals surface area contributed by atoms with Crippen LogP contribution in [-0.2, 0) is 16.6 Å². The Morgan fingerprint density at radius 1 is 1.24 bits per heavy atom. The van der Waals surface area contributed by atoms with Crippen molar-refractivity contribution < 1.29 is 13.2 Å². The standard InChI is InChI=1S/C13H13Cl2NO3S2/c1-16(21(17,18)13-6-5-12(15)20-13)8-9-7-10(14)3-4-11(9)19-2/h3-7H,8H2,1-2H3. The topological polar surface area (TPSA) is 46.6 Å². The summed E-state index contributed by atoms with van der Waals surface area (Å²) in [6.45, 7) is 0.154. The van der Waals surface area contributed by atoms with Crippen LogP contribution in [0.4, 0.5) is 0 Å². The highest BCUT2D eigenvalue weighted by Crippen LogP contribution is 2.30. The molecule has 0 aliphatic heterocycles. The Kier molecular flexibility index (Phi) is 5.16. The minimum atomic E-state index is -3.59. The van der Waals surface area contributed by atoms with Gasteiger partial charge < -0.3 is 4.74 Å². The van der Waals surface area contributed by atoms with Crippen LogP contribution < -0.4 is 4.74 Å². The molecule has 1 aromatic carbocycles. The number of benzene rings is 1. The first-order valence-electron chi connectivity index (χ1n) is 5.88. The van der Waals surface area contributed by atoms with Crippen LogP contribution in [0, 0.1) is 0 Å². The molecule has 2 rings (SSSR count). The molecule has 0 spiro atoms. The third-order valence-electron chi connectivity index (χ3n) is 2.85. The monoisotopic (exact) mass is 365 g/mol. The summed E-state index contributed by atoms with van der Waals surface area (Å²) in [7, 11) is -0.554. The van der Waals surface area contributed by atoms with Gasteiger partial charge in [0.05, 0.1) is 11.4 Å². The molecule has 0 N–H and O–H groups in total. The number of rotatable bonds is 5. The van der Waals surface area contributed by atoms with Gasteiger partial charge in [0.15, 0.2) is 0 Å². The Morgan fingerprint density at radius 3 is 2.52 bits per heavy atom. The zero-order valence-electron chi connectivity index (χ0n) is 11.3. The average Bonchev–Trinajstić information content (AvgIpc) is 2.86. The third-order valence-corrected chi connectivity index (χ3v) is 6.59. The van der Waals surface area contributed by atoms with Crippen molar-refractivity contribution >= 4 is 44.6 Å². The van der Waals surface area contributed by atoms with Gasteiger partial charge in [0.1, 0.15) is 9.96 Å². The van der Waals surface area contributed by atoms with Crippen molar-refractivity contribution in [2.75, 3.05) is 14.2 Å². The van der Waals surface area contributed by atoms with E-state index in [0.29, 0.717) is 20.7 Å². The molecular formula is C13H13Cl2NO3S2. The number of thiophene rings is 1. The van der Waals surface area contributed by atoms with Crippen molar-refractivity contribution in [2.24, 2.45) is 0 Å². The lowest BCUT2D eigenvalue weighted by atomic mass is 10.2. The average molecular weight is 366 g/mol. The Hall–Kier alpha value is -0.790. The Labute approximate surface area is 137 Å². The molecule has 0 amide bonds. The Balaban J connectivity index is 2.29. The number of hydrogen-bond acceptors (Lipinski definition) is 4. The molecule has 0 atom stereocenters. The molecule has 1 heterocycles. The van der Waals surface area contributed by atoms with E-state index in [0.717, 1.165) is 11.3 Å². The molecule has 8 heteroatoms. The molecule has 114 valence electrons. The molecule has 2 aromatic rings. The molecule has 0 bridgehead atoms. The van der Waals surface area contributed by atoms with Crippen LogP contribution >= 0.6 is 34.5 Å². The van der Waals surface area contributed by atoms with Gasteiger partial charge in [-0.2, -0.15) is 4.31 Å². The van der Waals surface area contributed by atoms with E-state index >= 15 is 0 Å². The maximum Gasteiger partial charge on any atom is 0.252 e. The molecule has 0 saturated heterocycles. The van der Waals surface area contributed by atoms with Crippen molar-refractivity contribution in [2.45, 2.75) is 10.8 Å². The van der Waals surface area contributed by atoms with E-state index in [9.17, 15) is 8.42 Å². The lowest BCUT2D eigenvalue weighted by Gasteiger charge is -2.18. The van der Waals surface area contributed by atoms with E-state index in [4.69, 9.17) is 27.9 Å². The fraction of sp³-hybridized carbons (Fsp3) is 0.231. The van der Waals surface area contributed by atoms with Gasteiger partial charge in [-0.25, -0.2) is 8.42 Å². The number of halogens is 2.